The lowest BCUT2D eigenvalue weighted by Gasteiger charge is -2.47. The van der Waals surface area contributed by atoms with Crippen LogP contribution >= 0.6 is 0 Å². The first-order chi connectivity index (χ1) is 17.2. The van der Waals surface area contributed by atoms with Gasteiger partial charge in [-0.15, -0.1) is 0 Å². The smallest absolute Gasteiger partial charge is 0.274 e. The number of amides is 3. The van der Waals surface area contributed by atoms with Crippen molar-refractivity contribution >= 4 is 34.3 Å². The molecule has 0 radical (unpaired) electrons. The van der Waals surface area contributed by atoms with E-state index in [0.29, 0.717) is 10.9 Å². The van der Waals surface area contributed by atoms with Crippen LogP contribution in [0.1, 0.15) is 68.5 Å². The lowest BCUT2D eigenvalue weighted by atomic mass is 9.90. The molecule has 1 aliphatic heterocycles. The molecule has 2 aromatic carbocycles. The van der Waals surface area contributed by atoms with Gasteiger partial charge in [-0.25, -0.2) is 4.39 Å². The molecule has 1 aliphatic carbocycles. The van der Waals surface area contributed by atoms with E-state index in [2.05, 4.69) is 10.6 Å². The van der Waals surface area contributed by atoms with Crippen LogP contribution in [0.4, 0.5) is 10.1 Å². The highest BCUT2D eigenvalue weighted by Gasteiger charge is 2.51. The maximum Gasteiger partial charge on any atom is 0.274 e. The summed E-state index contributed by atoms with van der Waals surface area (Å²) < 4.78 is 16.0. The number of nitrogens with one attached hydrogen (secondary N) is 2. The number of carbonyl (C=O) groups excluding carboxylic acids is 3. The summed E-state index contributed by atoms with van der Waals surface area (Å²) >= 11 is 0. The van der Waals surface area contributed by atoms with Gasteiger partial charge in [0, 0.05) is 18.4 Å². The molecule has 1 fully saturated rings. The topological polar surface area (TPSA) is 83.4 Å². The summed E-state index contributed by atoms with van der Waals surface area (Å²) in [6.07, 6.45) is 3.99. The molecule has 5 rings (SSSR count). The van der Waals surface area contributed by atoms with Crippen LogP contribution in [0.25, 0.3) is 10.9 Å². The first-order valence-corrected chi connectivity index (χ1v) is 12.5. The summed E-state index contributed by atoms with van der Waals surface area (Å²) in [6.45, 7) is 5.23. The maximum absolute atomic E-state index is 14.3. The Balaban J connectivity index is 1.69. The number of nitrogens with zero attached hydrogens (tertiary/aromatic N) is 2. The van der Waals surface area contributed by atoms with Gasteiger partial charge in [0.2, 0.25) is 11.8 Å². The summed E-state index contributed by atoms with van der Waals surface area (Å²) in [5, 5.41) is 6.38. The van der Waals surface area contributed by atoms with Gasteiger partial charge in [-0.05, 0) is 50.5 Å². The number of fused-ring (bicyclic) bond motifs is 3. The molecular weight excluding hydrogens is 459 g/mol. The van der Waals surface area contributed by atoms with Crippen LogP contribution in [-0.2, 0) is 16.1 Å². The second-order valence-corrected chi connectivity index (χ2v) is 10.1. The second-order valence-electron chi connectivity index (χ2n) is 10.1. The molecule has 7 nitrogen and oxygen atoms in total. The SMILES string of the molecule is CC(=O)Nc1c2n(c3ccc(F)cc13)C[C@@](C)(C(=O)NC1CCCC1)N([C@@H](C)c1ccccc1)C2=O. The fraction of sp³-hybridized carbons (Fsp3) is 0.393. The number of hydrogen-bond acceptors (Lipinski definition) is 3. The van der Waals surface area contributed by atoms with Crippen LogP contribution < -0.4 is 10.6 Å². The van der Waals surface area contributed by atoms with Gasteiger partial charge in [0.05, 0.1) is 23.8 Å². The monoisotopic (exact) mass is 490 g/mol. The highest BCUT2D eigenvalue weighted by atomic mass is 19.1. The summed E-state index contributed by atoms with van der Waals surface area (Å²) in [5.74, 6) is -1.43. The van der Waals surface area contributed by atoms with Crippen molar-refractivity contribution in [2.45, 2.75) is 70.6 Å². The molecule has 1 aromatic heterocycles. The molecule has 2 aliphatic rings. The summed E-state index contributed by atoms with van der Waals surface area (Å²) in [7, 11) is 0. The van der Waals surface area contributed by atoms with E-state index in [1.54, 1.807) is 22.5 Å². The van der Waals surface area contributed by atoms with E-state index in [0.717, 1.165) is 31.2 Å². The van der Waals surface area contributed by atoms with Crippen molar-refractivity contribution in [3.05, 3.63) is 65.6 Å². The predicted octanol–water partition coefficient (Wildman–Crippen LogP) is 4.77. The largest absolute Gasteiger partial charge is 0.351 e. The van der Waals surface area contributed by atoms with Crippen molar-refractivity contribution < 1.29 is 18.8 Å². The molecule has 36 heavy (non-hydrogen) atoms. The Morgan fingerprint density at radius 2 is 1.81 bits per heavy atom. The Morgan fingerprint density at radius 1 is 1.11 bits per heavy atom. The average molecular weight is 491 g/mol. The Labute approximate surface area is 209 Å². The van der Waals surface area contributed by atoms with Gasteiger partial charge < -0.3 is 20.1 Å². The quantitative estimate of drug-likeness (QED) is 0.540. The Hall–Kier alpha value is -3.68. The number of aromatic nitrogens is 1. The zero-order valence-electron chi connectivity index (χ0n) is 20.8. The Bertz CT molecular complexity index is 1350. The molecule has 0 spiro atoms. The zero-order valence-corrected chi connectivity index (χ0v) is 20.8. The van der Waals surface area contributed by atoms with Gasteiger partial charge in [0.1, 0.15) is 17.1 Å². The molecule has 1 saturated carbocycles. The van der Waals surface area contributed by atoms with Crippen molar-refractivity contribution in [2.75, 3.05) is 5.32 Å². The third kappa shape index (κ3) is 3.94. The Morgan fingerprint density at radius 3 is 2.47 bits per heavy atom. The first-order valence-electron chi connectivity index (χ1n) is 12.5. The fourth-order valence-corrected chi connectivity index (χ4v) is 5.81. The predicted molar refractivity (Wildman–Crippen MR) is 136 cm³/mol. The minimum Gasteiger partial charge on any atom is -0.351 e. The standard InChI is InChI=1S/C28H31FN4O3/c1-17(19-9-5-4-6-10-19)33-26(35)25-24(30-18(2)34)22-15-20(29)13-14-23(22)32(25)16-28(33,3)27(36)31-21-11-7-8-12-21/h4-6,9-10,13-15,17,21H,7-8,11-12,16H2,1-3H3,(H,30,34)(H,31,36)/t17-,28-/m0/s1. The summed E-state index contributed by atoms with van der Waals surface area (Å²) in [4.78, 5) is 42.0. The molecule has 3 amide bonds. The van der Waals surface area contributed by atoms with Gasteiger partial charge >= 0.3 is 0 Å². The van der Waals surface area contributed by atoms with Crippen LogP contribution in [0.3, 0.4) is 0 Å². The molecule has 0 unspecified atom stereocenters. The lowest BCUT2D eigenvalue weighted by molar-refractivity contribution is -0.134. The molecular formula is C28H31FN4O3. The minimum atomic E-state index is -1.21. The van der Waals surface area contributed by atoms with Gasteiger partial charge in [-0.2, -0.15) is 0 Å². The summed E-state index contributed by atoms with van der Waals surface area (Å²) in [5.41, 5.74) is 0.790. The molecule has 2 N–H and O–H groups in total. The van der Waals surface area contributed by atoms with Gasteiger partial charge in [0.25, 0.3) is 5.91 Å². The van der Waals surface area contributed by atoms with Crippen molar-refractivity contribution in [3.8, 4) is 0 Å². The second kappa shape index (κ2) is 9.08. The number of anilines is 1. The molecule has 3 aromatic rings. The van der Waals surface area contributed by atoms with Crippen molar-refractivity contribution in [1.29, 1.82) is 0 Å². The van der Waals surface area contributed by atoms with E-state index < -0.39 is 17.4 Å². The van der Waals surface area contributed by atoms with Crippen LogP contribution in [0, 0.1) is 5.82 Å². The first kappa shape index (κ1) is 24.0. The van der Waals surface area contributed by atoms with E-state index in [9.17, 15) is 18.8 Å². The number of halogens is 1. The van der Waals surface area contributed by atoms with Crippen molar-refractivity contribution in [2.24, 2.45) is 0 Å². The van der Waals surface area contributed by atoms with Crippen LogP contribution in [0.2, 0.25) is 0 Å². The Kier molecular flexibility index (Phi) is 6.06. The molecule has 0 saturated heterocycles. The number of benzene rings is 2. The van der Waals surface area contributed by atoms with Gasteiger partial charge in [0.15, 0.2) is 0 Å². The highest BCUT2D eigenvalue weighted by Crippen LogP contribution is 2.42. The number of carbonyl (C=O) groups is 3. The zero-order chi connectivity index (χ0) is 25.6. The highest BCUT2D eigenvalue weighted by molar-refractivity contribution is 6.14. The van der Waals surface area contributed by atoms with E-state index in [1.807, 2.05) is 37.3 Å². The normalized spacial score (nSPS) is 20.9. The van der Waals surface area contributed by atoms with Gasteiger partial charge in [-0.1, -0.05) is 43.2 Å². The summed E-state index contributed by atoms with van der Waals surface area (Å²) in [6, 6.07) is 13.5. The van der Waals surface area contributed by atoms with Crippen LogP contribution in [0.15, 0.2) is 48.5 Å². The van der Waals surface area contributed by atoms with E-state index in [-0.39, 0.29) is 41.7 Å². The van der Waals surface area contributed by atoms with E-state index in [4.69, 9.17) is 0 Å². The van der Waals surface area contributed by atoms with Crippen molar-refractivity contribution in [1.82, 2.24) is 14.8 Å². The van der Waals surface area contributed by atoms with Gasteiger partial charge in [-0.3, -0.25) is 14.4 Å². The molecule has 188 valence electrons. The van der Waals surface area contributed by atoms with Crippen molar-refractivity contribution in [3.63, 3.8) is 0 Å². The van der Waals surface area contributed by atoms with Crippen LogP contribution in [-0.4, -0.2) is 38.8 Å². The van der Waals surface area contributed by atoms with E-state index in [1.165, 1.54) is 19.1 Å². The minimum absolute atomic E-state index is 0.0881. The fourth-order valence-electron chi connectivity index (χ4n) is 5.81. The number of rotatable bonds is 5. The van der Waals surface area contributed by atoms with E-state index >= 15 is 0 Å². The molecule has 0 bridgehead atoms. The third-order valence-corrected chi connectivity index (χ3v) is 7.59. The van der Waals surface area contributed by atoms with Crippen LogP contribution in [0.5, 0.6) is 0 Å². The maximum atomic E-state index is 14.3. The number of hydrogen-bond donors (Lipinski definition) is 2. The third-order valence-electron chi connectivity index (χ3n) is 7.59. The molecule has 2 atom stereocenters. The lowest BCUT2D eigenvalue weighted by Crippen LogP contribution is -2.65. The average Bonchev–Trinajstić information content (AvgIpc) is 3.45. The molecule has 8 heteroatoms. The molecule has 2 heterocycles.